The van der Waals surface area contributed by atoms with E-state index in [9.17, 15) is 8.42 Å². The summed E-state index contributed by atoms with van der Waals surface area (Å²) in [6, 6.07) is 4.57. The fourth-order valence-corrected chi connectivity index (χ4v) is 4.08. The summed E-state index contributed by atoms with van der Waals surface area (Å²) in [5.41, 5.74) is -0.332. The molecule has 0 amide bonds. The zero-order chi connectivity index (χ0) is 15.5. The Hall–Kier alpha value is 0.110. The van der Waals surface area contributed by atoms with Crippen LogP contribution in [-0.2, 0) is 14.8 Å². The molecule has 1 saturated heterocycles. The third-order valence-electron chi connectivity index (χ3n) is 3.55. The van der Waals surface area contributed by atoms with Crippen LogP contribution in [0.5, 0.6) is 0 Å². The van der Waals surface area contributed by atoms with Crippen LogP contribution in [0.3, 0.4) is 0 Å². The van der Waals surface area contributed by atoms with Gasteiger partial charge in [-0.1, -0.05) is 11.6 Å². The summed E-state index contributed by atoms with van der Waals surface area (Å²) >= 11 is 9.20. The van der Waals surface area contributed by atoms with Gasteiger partial charge in [-0.2, -0.15) is 0 Å². The Labute approximate surface area is 150 Å². The van der Waals surface area contributed by atoms with Crippen molar-refractivity contribution in [3.05, 3.63) is 27.7 Å². The van der Waals surface area contributed by atoms with Crippen molar-refractivity contribution >= 4 is 50.0 Å². The average Bonchev–Trinajstić information content (AvgIpc) is 2.89. The third-order valence-corrected chi connectivity index (χ3v) is 6.19. The molecule has 0 radical (unpaired) electrons. The smallest absolute Gasteiger partial charge is 0.240 e. The summed E-state index contributed by atoms with van der Waals surface area (Å²) < 4.78 is 33.2. The molecule has 0 spiro atoms. The number of hydrogen-bond donors (Lipinski definition) is 2. The second-order valence-electron chi connectivity index (χ2n) is 5.14. The Morgan fingerprint density at radius 2 is 2.23 bits per heavy atom. The highest BCUT2D eigenvalue weighted by molar-refractivity contribution is 9.10. The minimum atomic E-state index is -3.59. The zero-order valence-electron chi connectivity index (χ0n) is 12.1. The van der Waals surface area contributed by atoms with Crippen molar-refractivity contribution in [2.75, 3.05) is 26.8 Å². The molecule has 126 valence electrons. The van der Waals surface area contributed by atoms with Gasteiger partial charge < -0.3 is 10.1 Å². The van der Waals surface area contributed by atoms with Crippen LogP contribution in [0.2, 0.25) is 5.02 Å². The van der Waals surface area contributed by atoms with E-state index in [-0.39, 0.29) is 29.4 Å². The first-order chi connectivity index (χ1) is 9.88. The molecule has 1 unspecified atom stereocenters. The van der Waals surface area contributed by atoms with Crippen LogP contribution in [0.4, 0.5) is 0 Å². The molecule has 0 bridgehead atoms. The maximum Gasteiger partial charge on any atom is 0.240 e. The lowest BCUT2D eigenvalue weighted by Gasteiger charge is -2.28. The summed E-state index contributed by atoms with van der Waals surface area (Å²) in [7, 11) is -1.98. The second-order valence-corrected chi connectivity index (χ2v) is 8.17. The van der Waals surface area contributed by atoms with Gasteiger partial charge in [0.25, 0.3) is 0 Å². The summed E-state index contributed by atoms with van der Waals surface area (Å²) in [4.78, 5) is 0.154. The maximum atomic E-state index is 12.3. The van der Waals surface area contributed by atoms with Crippen molar-refractivity contribution < 1.29 is 13.2 Å². The molecule has 2 rings (SSSR count). The lowest BCUT2D eigenvalue weighted by Crippen LogP contribution is -2.52. The predicted molar refractivity (Wildman–Crippen MR) is 93.4 cm³/mol. The molecule has 2 N–H and O–H groups in total. The van der Waals surface area contributed by atoms with Crippen molar-refractivity contribution in [2.45, 2.75) is 23.3 Å². The van der Waals surface area contributed by atoms with Crippen LogP contribution in [0, 0.1) is 0 Å². The first-order valence-corrected chi connectivity index (χ1v) is 9.23. The minimum Gasteiger partial charge on any atom is -0.383 e. The van der Waals surface area contributed by atoms with Gasteiger partial charge in [-0.3, -0.25) is 0 Å². The number of hydrogen-bond acceptors (Lipinski definition) is 4. The Balaban J connectivity index is 0.00000242. The summed E-state index contributed by atoms with van der Waals surface area (Å²) in [5, 5.41) is 3.69. The van der Waals surface area contributed by atoms with Gasteiger partial charge in [-0.15, -0.1) is 12.4 Å². The number of halogens is 3. The Kier molecular flexibility index (Phi) is 7.59. The molecule has 0 aromatic heterocycles. The fraction of sp³-hybridized carbons (Fsp3) is 0.538. The molecule has 0 aliphatic carbocycles. The minimum absolute atomic E-state index is 0. The van der Waals surface area contributed by atoms with Crippen LogP contribution in [0.15, 0.2) is 27.6 Å². The van der Waals surface area contributed by atoms with E-state index in [4.69, 9.17) is 16.3 Å². The van der Waals surface area contributed by atoms with E-state index in [2.05, 4.69) is 26.0 Å². The Morgan fingerprint density at radius 3 is 2.77 bits per heavy atom. The van der Waals surface area contributed by atoms with Crippen LogP contribution in [0.25, 0.3) is 0 Å². The molecule has 1 aromatic carbocycles. The number of methoxy groups -OCH3 is 1. The van der Waals surface area contributed by atoms with Crippen molar-refractivity contribution in [1.82, 2.24) is 10.0 Å². The number of sulfonamides is 1. The molecule has 1 aliphatic rings. The van der Waals surface area contributed by atoms with Gasteiger partial charge in [0.15, 0.2) is 0 Å². The monoisotopic (exact) mass is 432 g/mol. The summed E-state index contributed by atoms with van der Waals surface area (Å²) in [5.74, 6) is 0. The van der Waals surface area contributed by atoms with Gasteiger partial charge >= 0.3 is 0 Å². The van der Waals surface area contributed by atoms with E-state index < -0.39 is 10.0 Å². The number of nitrogens with one attached hydrogen (secondary N) is 2. The molecule has 1 heterocycles. The highest BCUT2D eigenvalue weighted by atomic mass is 79.9. The molecule has 1 aliphatic heterocycles. The van der Waals surface area contributed by atoms with Crippen molar-refractivity contribution in [1.29, 1.82) is 0 Å². The van der Waals surface area contributed by atoms with Crippen LogP contribution in [0.1, 0.15) is 12.8 Å². The molecule has 9 heteroatoms. The topological polar surface area (TPSA) is 67.4 Å². The zero-order valence-corrected chi connectivity index (χ0v) is 16.0. The van der Waals surface area contributed by atoms with Gasteiger partial charge in [0.2, 0.25) is 10.0 Å². The number of rotatable bonds is 6. The van der Waals surface area contributed by atoms with Crippen LogP contribution >= 0.6 is 39.9 Å². The molecule has 22 heavy (non-hydrogen) atoms. The van der Waals surface area contributed by atoms with Gasteiger partial charge in [0, 0.05) is 18.1 Å². The number of ether oxygens (including phenoxy) is 1. The Morgan fingerprint density at radius 1 is 1.50 bits per heavy atom. The highest BCUT2D eigenvalue weighted by Gasteiger charge is 2.34. The van der Waals surface area contributed by atoms with E-state index in [0.717, 1.165) is 19.4 Å². The quantitative estimate of drug-likeness (QED) is 0.723. The second kappa shape index (κ2) is 8.28. The lowest BCUT2D eigenvalue weighted by atomic mass is 9.99. The predicted octanol–water partition coefficient (Wildman–Crippen LogP) is 2.57. The Bertz CT molecular complexity index is 607. The van der Waals surface area contributed by atoms with Crippen molar-refractivity contribution in [3.63, 3.8) is 0 Å². The van der Waals surface area contributed by atoms with Crippen LogP contribution < -0.4 is 10.0 Å². The van der Waals surface area contributed by atoms with Gasteiger partial charge in [-0.05, 0) is 53.5 Å². The van der Waals surface area contributed by atoms with Crippen molar-refractivity contribution in [3.8, 4) is 0 Å². The highest BCUT2D eigenvalue weighted by Crippen LogP contribution is 2.26. The van der Waals surface area contributed by atoms with E-state index in [1.54, 1.807) is 13.2 Å². The molecule has 1 atom stereocenters. The standard InChI is InChI=1S/C13H18BrClN2O3S.ClH/c1-20-9-13(5-2-6-16-13)8-17-21(18,19)10-3-4-11(14)12(15)7-10;/h3-4,7,16-17H,2,5-6,8-9H2,1H3;1H. The van der Waals surface area contributed by atoms with E-state index in [1.165, 1.54) is 12.1 Å². The largest absolute Gasteiger partial charge is 0.383 e. The SMILES string of the molecule is COCC1(CNS(=O)(=O)c2ccc(Br)c(Cl)c2)CCCN1.Cl. The molecule has 1 aromatic rings. The maximum absolute atomic E-state index is 12.3. The molecular formula is C13H19BrCl2N2O3S. The van der Waals surface area contributed by atoms with E-state index >= 15 is 0 Å². The van der Waals surface area contributed by atoms with Gasteiger partial charge in [0.1, 0.15) is 0 Å². The molecule has 0 saturated carbocycles. The van der Waals surface area contributed by atoms with Gasteiger partial charge in [-0.25, -0.2) is 13.1 Å². The fourth-order valence-electron chi connectivity index (χ4n) is 2.43. The molecule has 1 fully saturated rings. The lowest BCUT2D eigenvalue weighted by molar-refractivity contribution is 0.122. The normalized spacial score (nSPS) is 21.6. The number of benzene rings is 1. The van der Waals surface area contributed by atoms with Crippen molar-refractivity contribution in [2.24, 2.45) is 0 Å². The molecular weight excluding hydrogens is 415 g/mol. The third kappa shape index (κ3) is 4.80. The van der Waals surface area contributed by atoms with Crippen LogP contribution in [-0.4, -0.2) is 40.8 Å². The van der Waals surface area contributed by atoms with Gasteiger partial charge in [0.05, 0.1) is 22.1 Å². The van der Waals surface area contributed by atoms with E-state index in [1.807, 2.05) is 0 Å². The van der Waals surface area contributed by atoms with E-state index in [0.29, 0.717) is 16.1 Å². The first kappa shape index (κ1) is 20.2. The summed E-state index contributed by atoms with van der Waals surface area (Å²) in [6.07, 6.45) is 1.89. The summed E-state index contributed by atoms with van der Waals surface area (Å²) in [6.45, 7) is 1.63. The first-order valence-electron chi connectivity index (χ1n) is 6.57. The average molecular weight is 434 g/mol. The molecule has 5 nitrogen and oxygen atoms in total.